The largest absolute Gasteiger partial charge is 0.495 e. The SMILES string of the molecule is COc1cc(C#N)ccc1S(=O)(=O)NC(CN)C1CCCC1.Cl. The van der Waals surface area contributed by atoms with Crippen molar-refractivity contribution in [3.63, 3.8) is 0 Å². The molecule has 8 heteroatoms. The van der Waals surface area contributed by atoms with Crippen molar-refractivity contribution in [1.82, 2.24) is 4.72 Å². The van der Waals surface area contributed by atoms with E-state index >= 15 is 0 Å². The molecule has 0 amide bonds. The Bertz CT molecular complexity index is 667. The fraction of sp³-hybridized carbons (Fsp3) is 0.533. The van der Waals surface area contributed by atoms with Crippen molar-refractivity contribution >= 4 is 22.4 Å². The summed E-state index contributed by atoms with van der Waals surface area (Å²) in [6, 6.07) is 5.96. The number of benzene rings is 1. The predicted octanol–water partition coefficient (Wildman–Crippen LogP) is 1.78. The molecule has 0 saturated heterocycles. The second-order valence-corrected chi connectivity index (χ2v) is 7.17. The lowest BCUT2D eigenvalue weighted by Gasteiger charge is -2.23. The minimum Gasteiger partial charge on any atom is -0.495 e. The molecule has 6 nitrogen and oxygen atoms in total. The van der Waals surface area contributed by atoms with Gasteiger partial charge in [-0.3, -0.25) is 0 Å². The van der Waals surface area contributed by atoms with Crippen LogP contribution in [0.4, 0.5) is 0 Å². The molecule has 0 aliphatic heterocycles. The predicted molar refractivity (Wildman–Crippen MR) is 90.1 cm³/mol. The topological polar surface area (TPSA) is 105 Å². The van der Waals surface area contributed by atoms with Crippen molar-refractivity contribution in [2.75, 3.05) is 13.7 Å². The summed E-state index contributed by atoms with van der Waals surface area (Å²) in [5.41, 5.74) is 6.10. The van der Waals surface area contributed by atoms with Crippen LogP contribution >= 0.6 is 12.4 Å². The van der Waals surface area contributed by atoms with Gasteiger partial charge in [-0.15, -0.1) is 12.4 Å². The Labute approximate surface area is 143 Å². The van der Waals surface area contributed by atoms with E-state index in [1.807, 2.05) is 6.07 Å². The van der Waals surface area contributed by atoms with E-state index in [9.17, 15) is 8.42 Å². The van der Waals surface area contributed by atoms with E-state index in [0.717, 1.165) is 25.7 Å². The van der Waals surface area contributed by atoms with E-state index in [1.54, 1.807) is 0 Å². The van der Waals surface area contributed by atoms with Crippen molar-refractivity contribution in [3.8, 4) is 11.8 Å². The molecule has 23 heavy (non-hydrogen) atoms. The number of sulfonamides is 1. The minimum absolute atomic E-state index is 0. The van der Waals surface area contributed by atoms with Crippen molar-refractivity contribution in [1.29, 1.82) is 5.26 Å². The number of nitrogens with one attached hydrogen (secondary N) is 1. The Kier molecular flexibility index (Phi) is 7.29. The summed E-state index contributed by atoms with van der Waals surface area (Å²) < 4.78 is 33.0. The van der Waals surface area contributed by atoms with Crippen LogP contribution in [-0.2, 0) is 10.0 Å². The van der Waals surface area contributed by atoms with Gasteiger partial charge in [-0.2, -0.15) is 5.26 Å². The molecule has 0 radical (unpaired) electrons. The normalized spacial score (nSPS) is 16.4. The Morgan fingerprint density at radius 2 is 2.09 bits per heavy atom. The van der Waals surface area contributed by atoms with Gasteiger partial charge in [-0.1, -0.05) is 12.8 Å². The first-order valence-electron chi connectivity index (χ1n) is 7.32. The Morgan fingerprint density at radius 1 is 1.43 bits per heavy atom. The Balaban J connectivity index is 0.00000264. The third kappa shape index (κ3) is 4.58. The van der Waals surface area contributed by atoms with Crippen LogP contribution in [0.25, 0.3) is 0 Å². The molecule has 128 valence electrons. The van der Waals surface area contributed by atoms with E-state index in [2.05, 4.69) is 4.72 Å². The average Bonchev–Trinajstić information content (AvgIpc) is 3.06. The first-order valence-corrected chi connectivity index (χ1v) is 8.80. The molecular weight excluding hydrogens is 338 g/mol. The first-order chi connectivity index (χ1) is 10.5. The fourth-order valence-corrected chi connectivity index (χ4v) is 4.39. The van der Waals surface area contributed by atoms with Gasteiger partial charge < -0.3 is 10.5 Å². The van der Waals surface area contributed by atoms with Gasteiger partial charge in [-0.25, -0.2) is 13.1 Å². The van der Waals surface area contributed by atoms with Crippen LogP contribution < -0.4 is 15.2 Å². The zero-order valence-corrected chi connectivity index (χ0v) is 14.6. The standard InChI is InChI=1S/C15H21N3O3S.ClH/c1-21-14-8-11(9-16)6-7-15(14)22(19,20)18-13(10-17)12-4-2-3-5-12;/h6-8,12-13,18H,2-5,10,17H2,1H3;1H. The van der Waals surface area contributed by atoms with Crippen LogP contribution in [0.15, 0.2) is 23.1 Å². The number of nitriles is 1. The minimum atomic E-state index is -3.74. The highest BCUT2D eigenvalue weighted by atomic mass is 35.5. The second-order valence-electron chi connectivity index (χ2n) is 5.49. The molecule has 0 aromatic heterocycles. The van der Waals surface area contributed by atoms with Crippen LogP contribution in [0.3, 0.4) is 0 Å². The lowest BCUT2D eigenvalue weighted by Crippen LogP contribution is -2.44. The van der Waals surface area contributed by atoms with Gasteiger partial charge in [0.2, 0.25) is 10.0 Å². The number of halogens is 1. The van der Waals surface area contributed by atoms with E-state index in [1.165, 1.54) is 25.3 Å². The summed E-state index contributed by atoms with van der Waals surface area (Å²) in [5.74, 6) is 0.442. The molecule has 3 N–H and O–H groups in total. The second kappa shape index (κ2) is 8.50. The maximum atomic E-state index is 12.6. The van der Waals surface area contributed by atoms with Crippen molar-refractivity contribution in [2.24, 2.45) is 11.7 Å². The highest BCUT2D eigenvalue weighted by molar-refractivity contribution is 7.89. The van der Waals surface area contributed by atoms with Gasteiger partial charge in [0.05, 0.1) is 18.7 Å². The van der Waals surface area contributed by atoms with E-state index in [4.69, 9.17) is 15.7 Å². The van der Waals surface area contributed by atoms with Crippen LogP contribution in [0, 0.1) is 17.2 Å². The fourth-order valence-electron chi connectivity index (χ4n) is 2.92. The summed E-state index contributed by atoms with van der Waals surface area (Å²) in [5, 5.41) is 8.89. The van der Waals surface area contributed by atoms with E-state index in [-0.39, 0.29) is 41.6 Å². The molecule has 1 saturated carbocycles. The van der Waals surface area contributed by atoms with E-state index < -0.39 is 10.0 Å². The number of methoxy groups -OCH3 is 1. The van der Waals surface area contributed by atoms with Gasteiger partial charge in [0.15, 0.2) is 0 Å². The summed E-state index contributed by atoms with van der Waals surface area (Å²) >= 11 is 0. The Hall–Kier alpha value is -1.33. The molecule has 1 atom stereocenters. The molecule has 1 unspecified atom stereocenters. The molecule has 0 spiro atoms. The molecule has 1 aromatic carbocycles. The molecule has 1 aliphatic carbocycles. The van der Waals surface area contributed by atoms with Crippen LogP contribution in [0.2, 0.25) is 0 Å². The van der Waals surface area contributed by atoms with Crippen LogP contribution in [0.1, 0.15) is 31.2 Å². The molecule has 1 aliphatic rings. The van der Waals surface area contributed by atoms with Crippen LogP contribution in [0.5, 0.6) is 5.75 Å². The van der Waals surface area contributed by atoms with Gasteiger partial charge in [0.1, 0.15) is 10.6 Å². The average molecular weight is 360 g/mol. The number of nitrogens with zero attached hydrogens (tertiary/aromatic N) is 1. The third-order valence-corrected chi connectivity index (χ3v) is 5.64. The lowest BCUT2D eigenvalue weighted by molar-refractivity contribution is 0.394. The van der Waals surface area contributed by atoms with Crippen molar-refractivity contribution in [3.05, 3.63) is 23.8 Å². The van der Waals surface area contributed by atoms with Crippen LogP contribution in [-0.4, -0.2) is 28.1 Å². The smallest absolute Gasteiger partial charge is 0.244 e. The van der Waals surface area contributed by atoms with Gasteiger partial charge in [-0.05, 0) is 37.0 Å². The molecular formula is C15H22ClN3O3S. The van der Waals surface area contributed by atoms with Gasteiger partial charge in [0, 0.05) is 12.6 Å². The maximum Gasteiger partial charge on any atom is 0.244 e. The van der Waals surface area contributed by atoms with Crippen molar-refractivity contribution < 1.29 is 13.2 Å². The lowest BCUT2D eigenvalue weighted by atomic mass is 9.99. The van der Waals surface area contributed by atoms with Crippen molar-refractivity contribution in [2.45, 2.75) is 36.6 Å². The molecule has 2 rings (SSSR count). The number of hydrogen-bond donors (Lipinski definition) is 2. The number of ether oxygens (including phenoxy) is 1. The zero-order valence-electron chi connectivity index (χ0n) is 13.0. The third-order valence-electron chi connectivity index (χ3n) is 4.11. The number of hydrogen-bond acceptors (Lipinski definition) is 5. The highest BCUT2D eigenvalue weighted by Crippen LogP contribution is 2.30. The molecule has 0 bridgehead atoms. The molecule has 1 fully saturated rings. The molecule has 0 heterocycles. The zero-order chi connectivity index (χ0) is 16.2. The monoisotopic (exact) mass is 359 g/mol. The molecule has 1 aromatic rings. The summed E-state index contributed by atoms with van der Waals surface area (Å²) in [6.45, 7) is 0.266. The highest BCUT2D eigenvalue weighted by Gasteiger charge is 2.29. The first kappa shape index (κ1) is 19.7. The number of nitrogens with two attached hydrogens (primary N) is 1. The van der Waals surface area contributed by atoms with Gasteiger partial charge in [0.25, 0.3) is 0 Å². The summed E-state index contributed by atoms with van der Waals surface area (Å²) in [4.78, 5) is 0.0328. The maximum absolute atomic E-state index is 12.6. The Morgan fingerprint density at radius 3 is 2.61 bits per heavy atom. The van der Waals surface area contributed by atoms with Gasteiger partial charge >= 0.3 is 0 Å². The quantitative estimate of drug-likeness (QED) is 0.805. The summed E-state index contributed by atoms with van der Waals surface area (Å²) in [7, 11) is -2.36. The number of rotatable bonds is 6. The van der Waals surface area contributed by atoms with E-state index in [0.29, 0.717) is 5.56 Å². The summed E-state index contributed by atoms with van der Waals surface area (Å²) in [6.07, 6.45) is 4.22.